The Morgan fingerprint density at radius 2 is 1.75 bits per heavy atom. The number of piperidine rings is 2. The van der Waals surface area contributed by atoms with Gasteiger partial charge in [0.15, 0.2) is 0 Å². The number of aromatic nitrogens is 4. The van der Waals surface area contributed by atoms with Crippen LogP contribution in [0.5, 0.6) is 5.75 Å². The molecule has 1 unspecified atom stereocenters. The van der Waals surface area contributed by atoms with E-state index in [1.165, 1.54) is 0 Å². The summed E-state index contributed by atoms with van der Waals surface area (Å²) in [5, 5.41) is 23.7. The van der Waals surface area contributed by atoms with Crippen molar-refractivity contribution in [1.82, 2.24) is 35.5 Å². The predicted octanol–water partition coefficient (Wildman–Crippen LogP) is 4.34. The van der Waals surface area contributed by atoms with Crippen LogP contribution in [0.1, 0.15) is 75.3 Å². The predicted molar refractivity (Wildman–Crippen MR) is 225 cm³/mol. The molecule has 1 aliphatic carbocycles. The molecule has 1 saturated carbocycles. The molecular formula is C44H49ClN10O5. The highest BCUT2D eigenvalue weighted by Crippen LogP contribution is 2.55. The quantitative estimate of drug-likeness (QED) is 0.229. The van der Waals surface area contributed by atoms with Gasteiger partial charge in [-0.1, -0.05) is 44.5 Å². The molecule has 9 rings (SSSR count). The first-order valence-electron chi connectivity index (χ1n) is 20.7. The fourth-order valence-corrected chi connectivity index (χ4v) is 10.9. The van der Waals surface area contributed by atoms with Crippen LogP contribution in [0.4, 0.5) is 11.5 Å². The van der Waals surface area contributed by atoms with E-state index in [0.29, 0.717) is 44.1 Å². The van der Waals surface area contributed by atoms with Gasteiger partial charge < -0.3 is 24.8 Å². The summed E-state index contributed by atoms with van der Waals surface area (Å²) in [6.45, 7) is 15.3. The molecule has 3 amide bonds. The highest BCUT2D eigenvalue weighted by Gasteiger charge is 2.64. The third-order valence-corrected chi connectivity index (χ3v) is 14.0. The van der Waals surface area contributed by atoms with E-state index in [-0.39, 0.29) is 53.2 Å². The van der Waals surface area contributed by atoms with Gasteiger partial charge in [-0.3, -0.25) is 24.5 Å². The summed E-state index contributed by atoms with van der Waals surface area (Å²) in [4.78, 5) is 62.7. The Morgan fingerprint density at radius 3 is 2.42 bits per heavy atom. The molecule has 2 aromatic carbocycles. The molecule has 4 aromatic rings. The fraction of sp³-hybridized carbons (Fsp3) is 0.500. The number of carbonyl (C=O) groups is 3. The maximum atomic E-state index is 13.5. The molecule has 1 spiro atoms. The number of ether oxygens (including phenoxy) is 1. The number of nitrogens with one attached hydrogen (secondary N) is 2. The van der Waals surface area contributed by atoms with Gasteiger partial charge in [0.25, 0.3) is 17.4 Å². The van der Waals surface area contributed by atoms with Crippen LogP contribution in [0.15, 0.2) is 59.5 Å². The van der Waals surface area contributed by atoms with Gasteiger partial charge in [-0.2, -0.15) is 9.94 Å². The summed E-state index contributed by atoms with van der Waals surface area (Å²) in [5.74, 6) is 0.992. The number of imide groups is 1. The summed E-state index contributed by atoms with van der Waals surface area (Å²) in [6, 6.07) is 15.6. The van der Waals surface area contributed by atoms with E-state index < -0.39 is 11.9 Å². The molecule has 16 heteroatoms. The van der Waals surface area contributed by atoms with Crippen LogP contribution in [0.2, 0.25) is 5.02 Å². The number of halogens is 1. The fourth-order valence-electron chi connectivity index (χ4n) is 10.7. The van der Waals surface area contributed by atoms with E-state index in [1.54, 1.807) is 30.5 Å². The molecule has 60 heavy (non-hydrogen) atoms. The van der Waals surface area contributed by atoms with Crippen molar-refractivity contribution in [2.45, 2.75) is 71.6 Å². The largest absolute Gasteiger partial charge is 0.489 e. The van der Waals surface area contributed by atoms with Crippen molar-refractivity contribution in [2.75, 3.05) is 55.6 Å². The van der Waals surface area contributed by atoms with E-state index in [1.807, 2.05) is 24.3 Å². The number of benzene rings is 2. The third kappa shape index (κ3) is 7.03. The number of rotatable bonds is 9. The first kappa shape index (κ1) is 39.8. The van der Waals surface area contributed by atoms with Gasteiger partial charge in [0.2, 0.25) is 5.91 Å². The Bertz CT molecular complexity index is 2460. The average molecular weight is 833 g/mol. The van der Waals surface area contributed by atoms with E-state index >= 15 is 0 Å². The molecule has 312 valence electrons. The van der Waals surface area contributed by atoms with Crippen molar-refractivity contribution >= 4 is 51.7 Å². The van der Waals surface area contributed by atoms with Crippen LogP contribution in [0.3, 0.4) is 0 Å². The van der Waals surface area contributed by atoms with Gasteiger partial charge >= 0.3 is 0 Å². The Labute approximate surface area is 353 Å². The summed E-state index contributed by atoms with van der Waals surface area (Å²) in [5.41, 5.74) is 1.57. The third-order valence-electron chi connectivity index (χ3n) is 13.7. The molecule has 0 radical (unpaired) electrons. The topological polar surface area (TPSA) is 179 Å². The SMILES string of the molecule is CC1(C)[C@H](NC(=O)c2ccc(N3CCC4(CC3)CN(CC3CN(c5ccc6nnn(C7CCC(=O)NC7=O)c(=O)c6c5)C3)C4)nc2)C(C)(C)[C@H]1Oc1ccc(C#N)c(Cl)c1. The summed E-state index contributed by atoms with van der Waals surface area (Å²) in [7, 11) is 0. The van der Waals surface area contributed by atoms with Crippen molar-refractivity contribution in [3.8, 4) is 11.8 Å². The monoisotopic (exact) mass is 832 g/mol. The maximum absolute atomic E-state index is 13.5. The van der Waals surface area contributed by atoms with Crippen LogP contribution >= 0.6 is 11.6 Å². The van der Waals surface area contributed by atoms with Gasteiger partial charge in [-0.15, -0.1) is 5.10 Å². The minimum absolute atomic E-state index is 0.142. The minimum Gasteiger partial charge on any atom is -0.489 e. The Morgan fingerprint density at radius 1 is 1.00 bits per heavy atom. The van der Waals surface area contributed by atoms with Crippen molar-refractivity contribution in [3.63, 3.8) is 0 Å². The second-order valence-corrected chi connectivity index (χ2v) is 19.0. The number of fused-ring (bicyclic) bond motifs is 1. The van der Waals surface area contributed by atoms with Gasteiger partial charge in [0, 0.05) is 93.0 Å². The lowest BCUT2D eigenvalue weighted by molar-refractivity contribution is -0.164. The number of nitriles is 1. The second-order valence-electron chi connectivity index (χ2n) is 18.6. The van der Waals surface area contributed by atoms with Crippen LogP contribution < -0.4 is 30.7 Å². The number of anilines is 2. The smallest absolute Gasteiger partial charge is 0.278 e. The summed E-state index contributed by atoms with van der Waals surface area (Å²) in [6.07, 6.45) is 4.07. The lowest BCUT2D eigenvalue weighted by atomic mass is 9.49. The number of hydrogen-bond donors (Lipinski definition) is 2. The molecule has 15 nitrogen and oxygen atoms in total. The number of hydrogen-bond acceptors (Lipinski definition) is 12. The molecule has 2 aromatic heterocycles. The molecule has 6 heterocycles. The van der Waals surface area contributed by atoms with E-state index in [9.17, 15) is 24.4 Å². The lowest BCUT2D eigenvalue weighted by Gasteiger charge is -2.63. The Kier molecular flexibility index (Phi) is 9.86. The van der Waals surface area contributed by atoms with Crippen LogP contribution in [-0.2, 0) is 9.59 Å². The number of pyridine rings is 1. The molecule has 2 N–H and O–H groups in total. The Balaban J connectivity index is 0.728. The highest BCUT2D eigenvalue weighted by molar-refractivity contribution is 6.31. The molecule has 5 fully saturated rings. The van der Waals surface area contributed by atoms with Crippen molar-refractivity contribution in [3.05, 3.63) is 81.2 Å². The van der Waals surface area contributed by atoms with Crippen LogP contribution in [0.25, 0.3) is 10.9 Å². The zero-order valence-electron chi connectivity index (χ0n) is 34.3. The highest BCUT2D eigenvalue weighted by atomic mass is 35.5. The maximum Gasteiger partial charge on any atom is 0.278 e. The zero-order valence-corrected chi connectivity index (χ0v) is 35.0. The van der Waals surface area contributed by atoms with Crippen LogP contribution in [0, 0.1) is 33.5 Å². The molecule has 0 bridgehead atoms. The standard InChI is InChI=1S/C44H49ClN10O5/c1-42(2)40(43(3,4)41(42)60-30-8-5-27(19-46)32(45)18-30)49-37(57)28-6-11-35(47-20-28)53-15-13-44(14-16-53)24-52(25-44)21-26-22-54(23-26)29-7-9-33-31(17-29)39(59)55(51-50-33)34-10-12-36(56)48-38(34)58/h5-9,11,17-18,20,26,34,40-41H,10,12-16,21-25H2,1-4H3,(H,49,57)(H,48,56,58)/t34?,40-,41-. The van der Waals surface area contributed by atoms with E-state index in [4.69, 9.17) is 21.3 Å². The van der Waals surface area contributed by atoms with Crippen LogP contribution in [-0.4, -0.2) is 101 Å². The van der Waals surface area contributed by atoms with Gasteiger partial charge in [-0.25, -0.2) is 4.98 Å². The molecule has 4 saturated heterocycles. The second kappa shape index (κ2) is 14.8. The molecular weight excluding hydrogens is 784 g/mol. The van der Waals surface area contributed by atoms with Crippen molar-refractivity contribution < 1.29 is 19.1 Å². The van der Waals surface area contributed by atoms with Gasteiger partial charge in [0.05, 0.1) is 21.5 Å². The van der Waals surface area contributed by atoms with E-state index in [2.05, 4.69) is 69.4 Å². The first-order valence-corrected chi connectivity index (χ1v) is 21.1. The molecule has 1 atom stereocenters. The molecule has 4 aliphatic heterocycles. The normalized spacial score (nSPS) is 24.5. The lowest BCUT2D eigenvalue weighted by Crippen LogP contribution is -2.74. The first-order chi connectivity index (χ1) is 28.6. The summed E-state index contributed by atoms with van der Waals surface area (Å²) >= 11 is 6.25. The Hall–Kier alpha value is -5.59. The molecule has 5 aliphatic rings. The van der Waals surface area contributed by atoms with Crippen molar-refractivity contribution in [2.24, 2.45) is 22.2 Å². The van der Waals surface area contributed by atoms with Gasteiger partial charge in [0.1, 0.15) is 35.3 Å². The average Bonchev–Trinajstić information content (AvgIpc) is 3.20. The number of nitrogens with zero attached hydrogens (tertiary/aromatic N) is 8. The number of carbonyl (C=O) groups excluding carboxylic acids is 3. The van der Waals surface area contributed by atoms with E-state index in [0.717, 1.165) is 74.8 Å². The zero-order chi connectivity index (χ0) is 42.1. The summed E-state index contributed by atoms with van der Waals surface area (Å²) < 4.78 is 7.48. The van der Waals surface area contributed by atoms with Gasteiger partial charge in [-0.05, 0) is 67.1 Å². The van der Waals surface area contributed by atoms with Crippen molar-refractivity contribution in [1.29, 1.82) is 5.26 Å². The number of amides is 3. The number of likely N-dealkylation sites (tertiary alicyclic amines) is 1. The minimum atomic E-state index is -0.847.